The second-order valence-electron chi connectivity index (χ2n) is 7.76. The van der Waals surface area contributed by atoms with Crippen LogP contribution in [0, 0.1) is 5.92 Å². The molecule has 1 saturated carbocycles. The van der Waals surface area contributed by atoms with Crippen LogP contribution in [0.1, 0.15) is 51.9 Å². The van der Waals surface area contributed by atoms with Crippen molar-refractivity contribution >= 4 is 11.8 Å². The Morgan fingerprint density at radius 3 is 2.65 bits per heavy atom. The zero-order valence-electron chi connectivity index (χ0n) is 15.7. The summed E-state index contributed by atoms with van der Waals surface area (Å²) in [6.07, 6.45) is 4.93. The summed E-state index contributed by atoms with van der Waals surface area (Å²) >= 11 is 0. The first-order valence-electron chi connectivity index (χ1n) is 10.1. The van der Waals surface area contributed by atoms with E-state index in [2.05, 4.69) is 5.32 Å². The number of nitrogens with one attached hydrogen (secondary N) is 1. The van der Waals surface area contributed by atoms with Crippen LogP contribution in [0.3, 0.4) is 0 Å². The van der Waals surface area contributed by atoms with Gasteiger partial charge in [0.2, 0.25) is 11.8 Å². The smallest absolute Gasteiger partial charge is 0.226 e. The van der Waals surface area contributed by atoms with Crippen molar-refractivity contribution in [3.05, 3.63) is 0 Å². The van der Waals surface area contributed by atoms with Crippen molar-refractivity contribution in [3.8, 4) is 0 Å². The molecule has 0 bridgehead atoms. The fourth-order valence-electron chi connectivity index (χ4n) is 4.48. The number of carbonyl (C=O) groups is 2. The molecule has 26 heavy (non-hydrogen) atoms. The minimum absolute atomic E-state index is 0.00276. The van der Waals surface area contributed by atoms with E-state index in [0.29, 0.717) is 26.1 Å². The Kier molecular flexibility index (Phi) is 6.89. The number of nitrogens with zero attached hydrogens (tertiary/aromatic N) is 1. The Bertz CT molecular complexity index is 494. The summed E-state index contributed by atoms with van der Waals surface area (Å²) in [7, 11) is 0. The maximum absolute atomic E-state index is 13.1. The van der Waals surface area contributed by atoms with Crippen LogP contribution in [0.2, 0.25) is 0 Å². The summed E-state index contributed by atoms with van der Waals surface area (Å²) in [6.45, 7) is 3.38. The highest BCUT2D eigenvalue weighted by molar-refractivity contribution is 5.79. The van der Waals surface area contributed by atoms with Gasteiger partial charge in [-0.2, -0.15) is 0 Å². The van der Waals surface area contributed by atoms with Crippen molar-refractivity contribution < 1.29 is 24.2 Å². The molecule has 0 unspecified atom stereocenters. The minimum Gasteiger partial charge on any atom is -0.389 e. The second kappa shape index (κ2) is 9.15. The van der Waals surface area contributed by atoms with E-state index >= 15 is 0 Å². The minimum atomic E-state index is -0.658. The summed E-state index contributed by atoms with van der Waals surface area (Å²) in [5.74, 6) is 0.234. The van der Waals surface area contributed by atoms with Crippen LogP contribution in [0.25, 0.3) is 0 Å². The zero-order valence-corrected chi connectivity index (χ0v) is 15.7. The number of β-amino-alcohol motifs (C(OH)–C–C–N with tert-alkyl or cyclic N) is 1. The molecule has 0 spiro atoms. The normalized spacial score (nSPS) is 33.2. The lowest BCUT2D eigenvalue weighted by atomic mass is 9.93. The topological polar surface area (TPSA) is 88.1 Å². The molecule has 7 heteroatoms. The molecule has 2 N–H and O–H groups in total. The third kappa shape index (κ3) is 4.75. The molecule has 7 nitrogen and oxygen atoms in total. The van der Waals surface area contributed by atoms with Crippen LogP contribution in [0.4, 0.5) is 0 Å². The van der Waals surface area contributed by atoms with Gasteiger partial charge in [0.25, 0.3) is 0 Å². The number of rotatable bonds is 4. The van der Waals surface area contributed by atoms with E-state index in [4.69, 9.17) is 9.47 Å². The Balaban J connectivity index is 1.67. The Hall–Kier alpha value is -1.18. The number of amides is 2. The molecule has 2 amide bonds. The van der Waals surface area contributed by atoms with Crippen LogP contribution in [0.5, 0.6) is 0 Å². The fraction of sp³-hybridized carbons (Fsp3) is 0.895. The van der Waals surface area contributed by atoms with Crippen molar-refractivity contribution in [2.75, 3.05) is 26.3 Å². The van der Waals surface area contributed by atoms with Gasteiger partial charge in [0.1, 0.15) is 6.10 Å². The number of hydrogen-bond donors (Lipinski definition) is 2. The summed E-state index contributed by atoms with van der Waals surface area (Å²) in [4.78, 5) is 26.8. The molecule has 0 radical (unpaired) electrons. The molecule has 2 heterocycles. The summed E-state index contributed by atoms with van der Waals surface area (Å²) in [5, 5.41) is 13.0. The van der Waals surface area contributed by atoms with Crippen molar-refractivity contribution in [2.45, 2.75) is 76.2 Å². The van der Waals surface area contributed by atoms with E-state index in [9.17, 15) is 14.7 Å². The van der Waals surface area contributed by atoms with E-state index in [-0.39, 0.29) is 42.6 Å². The molecular weight excluding hydrogens is 336 g/mol. The highest BCUT2D eigenvalue weighted by atomic mass is 16.5. The highest BCUT2D eigenvalue weighted by Gasteiger charge is 2.41. The SMILES string of the molecule is CCNC(=O)C[C@H]1CC[C@H]2[C@@H](COC[C@@H](O)CN2C(=O)C2CCCC2)O1. The summed E-state index contributed by atoms with van der Waals surface area (Å²) in [5.41, 5.74) is 0. The van der Waals surface area contributed by atoms with Crippen molar-refractivity contribution in [1.82, 2.24) is 10.2 Å². The van der Waals surface area contributed by atoms with Gasteiger partial charge in [0.05, 0.1) is 37.9 Å². The van der Waals surface area contributed by atoms with Gasteiger partial charge in [-0.05, 0) is 32.6 Å². The number of ether oxygens (including phenoxy) is 2. The Labute approximate surface area is 155 Å². The van der Waals surface area contributed by atoms with E-state index in [1.54, 1.807) is 0 Å². The maximum atomic E-state index is 13.1. The van der Waals surface area contributed by atoms with Gasteiger partial charge in [-0.3, -0.25) is 9.59 Å². The van der Waals surface area contributed by atoms with Gasteiger partial charge in [-0.15, -0.1) is 0 Å². The third-order valence-electron chi connectivity index (χ3n) is 5.76. The average Bonchev–Trinajstić information content (AvgIpc) is 3.13. The quantitative estimate of drug-likeness (QED) is 0.768. The standard InChI is InChI=1S/C19H32N2O5/c1-2-20-18(23)9-15-7-8-16-17(26-15)12-25-11-14(22)10-21(16)19(24)13-5-3-4-6-13/h13-17,22H,2-12H2,1H3,(H,20,23)/t14-,15+,16-,17+/m0/s1. The maximum Gasteiger partial charge on any atom is 0.226 e. The van der Waals surface area contributed by atoms with Gasteiger partial charge < -0.3 is 24.8 Å². The molecule has 4 atom stereocenters. The second-order valence-corrected chi connectivity index (χ2v) is 7.76. The lowest BCUT2D eigenvalue weighted by Gasteiger charge is -2.45. The van der Waals surface area contributed by atoms with Gasteiger partial charge in [0.15, 0.2) is 0 Å². The molecule has 1 aliphatic carbocycles. The molecule has 0 aromatic carbocycles. The fourth-order valence-corrected chi connectivity index (χ4v) is 4.48. The van der Waals surface area contributed by atoms with Crippen LogP contribution in [-0.2, 0) is 19.1 Å². The lowest BCUT2D eigenvalue weighted by Crippen LogP contribution is -2.58. The largest absolute Gasteiger partial charge is 0.389 e. The van der Waals surface area contributed by atoms with Crippen LogP contribution < -0.4 is 5.32 Å². The number of hydrogen-bond acceptors (Lipinski definition) is 5. The van der Waals surface area contributed by atoms with Gasteiger partial charge >= 0.3 is 0 Å². The van der Waals surface area contributed by atoms with Crippen molar-refractivity contribution in [1.29, 1.82) is 0 Å². The molecule has 3 aliphatic rings. The Morgan fingerprint density at radius 2 is 1.92 bits per heavy atom. The molecule has 0 aromatic rings. The van der Waals surface area contributed by atoms with Crippen LogP contribution >= 0.6 is 0 Å². The predicted molar refractivity (Wildman–Crippen MR) is 95.5 cm³/mol. The van der Waals surface area contributed by atoms with Crippen molar-refractivity contribution in [3.63, 3.8) is 0 Å². The number of fused-ring (bicyclic) bond motifs is 1. The molecule has 3 fully saturated rings. The predicted octanol–water partition coefficient (Wildman–Crippen LogP) is 0.839. The third-order valence-corrected chi connectivity index (χ3v) is 5.76. The first-order valence-corrected chi connectivity index (χ1v) is 10.1. The molecule has 2 aliphatic heterocycles. The van der Waals surface area contributed by atoms with Gasteiger partial charge in [-0.25, -0.2) is 0 Å². The first-order chi connectivity index (χ1) is 12.6. The number of aliphatic hydroxyl groups excluding tert-OH is 1. The van der Waals surface area contributed by atoms with Gasteiger partial charge in [0, 0.05) is 19.0 Å². The highest BCUT2D eigenvalue weighted by Crippen LogP contribution is 2.32. The molecular formula is C19H32N2O5. The number of aliphatic hydroxyl groups is 1. The number of carbonyl (C=O) groups excluding carboxylic acids is 2. The molecule has 148 valence electrons. The molecule has 2 saturated heterocycles. The van der Waals surface area contributed by atoms with Crippen LogP contribution in [-0.4, -0.2) is 72.5 Å². The average molecular weight is 368 g/mol. The van der Waals surface area contributed by atoms with E-state index in [1.807, 2.05) is 11.8 Å². The van der Waals surface area contributed by atoms with E-state index in [1.165, 1.54) is 0 Å². The first kappa shape index (κ1) is 19.6. The van der Waals surface area contributed by atoms with Crippen molar-refractivity contribution in [2.24, 2.45) is 5.92 Å². The summed E-state index contributed by atoms with van der Waals surface area (Å²) in [6, 6.07) is -0.0801. The summed E-state index contributed by atoms with van der Waals surface area (Å²) < 4.78 is 11.8. The van der Waals surface area contributed by atoms with Crippen LogP contribution in [0.15, 0.2) is 0 Å². The monoisotopic (exact) mass is 368 g/mol. The molecule has 0 aromatic heterocycles. The Morgan fingerprint density at radius 1 is 1.15 bits per heavy atom. The van der Waals surface area contributed by atoms with Gasteiger partial charge in [-0.1, -0.05) is 12.8 Å². The lowest BCUT2D eigenvalue weighted by molar-refractivity contribution is -0.171. The molecule has 3 rings (SSSR count). The zero-order chi connectivity index (χ0) is 18.5. The van der Waals surface area contributed by atoms with E-state index < -0.39 is 6.10 Å². The van der Waals surface area contributed by atoms with E-state index in [0.717, 1.165) is 38.5 Å².